The summed E-state index contributed by atoms with van der Waals surface area (Å²) in [6.45, 7) is 0. The number of aromatic nitrogens is 2. The minimum atomic E-state index is 0.748. The van der Waals surface area contributed by atoms with E-state index >= 15 is 0 Å². The lowest BCUT2D eigenvalue weighted by Gasteiger charge is -2.09. The first kappa shape index (κ1) is 10.3. The third kappa shape index (κ3) is 1.46. The number of rotatable bonds is 0. The van der Waals surface area contributed by atoms with E-state index in [4.69, 9.17) is 0 Å². The smallest absolute Gasteiger partial charge is 0.0987 e. The Morgan fingerprint density at radius 3 is 1.79 bits per heavy atom. The summed E-state index contributed by atoms with van der Waals surface area (Å²) in [6.07, 6.45) is 8.07. The second kappa shape index (κ2) is 3.95. The number of hydrogen-bond donors (Lipinski definition) is 0. The quantitative estimate of drug-likeness (QED) is 0.569. The van der Waals surface area contributed by atoms with Crippen LogP contribution < -0.4 is 0 Å². The molecule has 4 rings (SSSR count). The van der Waals surface area contributed by atoms with E-state index in [1.165, 1.54) is 0 Å². The van der Waals surface area contributed by atoms with Gasteiger partial charge in [0.1, 0.15) is 0 Å². The molecule has 0 spiro atoms. The van der Waals surface area contributed by atoms with Crippen molar-refractivity contribution in [1.82, 2.24) is 9.97 Å². The zero-order chi connectivity index (χ0) is 12.7. The Kier molecular flexibility index (Phi) is 2.14. The summed E-state index contributed by atoms with van der Waals surface area (Å²) in [6, 6.07) is 7.88. The van der Waals surface area contributed by atoms with Gasteiger partial charge in [-0.3, -0.25) is 20.0 Å². The van der Waals surface area contributed by atoms with Gasteiger partial charge in [0.15, 0.2) is 0 Å². The maximum atomic E-state index is 4.55. The van der Waals surface area contributed by atoms with Crippen LogP contribution in [0.1, 0.15) is 6.42 Å². The molecule has 1 aliphatic heterocycles. The van der Waals surface area contributed by atoms with Crippen molar-refractivity contribution in [3.63, 3.8) is 0 Å². The highest BCUT2D eigenvalue weighted by atomic mass is 14.9. The van der Waals surface area contributed by atoms with Crippen molar-refractivity contribution >= 4 is 45.6 Å². The topological polar surface area (TPSA) is 50.5 Å². The number of pyridine rings is 2. The molecule has 2 aromatic heterocycles. The Morgan fingerprint density at radius 1 is 0.737 bits per heavy atom. The summed E-state index contributed by atoms with van der Waals surface area (Å²) < 4.78 is 0. The average Bonchev–Trinajstić information content (AvgIpc) is 2.73. The van der Waals surface area contributed by atoms with Gasteiger partial charge in [-0.2, -0.15) is 0 Å². The molecule has 90 valence electrons. The molecule has 0 unspecified atom stereocenters. The third-order valence-electron chi connectivity index (χ3n) is 3.23. The first-order valence-electron chi connectivity index (χ1n) is 6.15. The number of fused-ring (bicyclic) bond motifs is 6. The number of aliphatic imine (C=N–C) groups is 2. The molecule has 1 aliphatic rings. The molecule has 0 N–H and O–H groups in total. The molecule has 0 saturated carbocycles. The van der Waals surface area contributed by atoms with Gasteiger partial charge in [-0.1, -0.05) is 0 Å². The van der Waals surface area contributed by atoms with Crippen LogP contribution in [0.5, 0.6) is 0 Å². The summed E-state index contributed by atoms with van der Waals surface area (Å²) >= 11 is 0. The van der Waals surface area contributed by atoms with Crippen molar-refractivity contribution in [3.8, 4) is 0 Å². The molecule has 1 aromatic carbocycles. The van der Waals surface area contributed by atoms with Gasteiger partial charge in [-0.15, -0.1) is 0 Å². The summed E-state index contributed by atoms with van der Waals surface area (Å²) in [5.41, 5.74) is 3.53. The molecule has 0 radical (unpaired) electrons. The van der Waals surface area contributed by atoms with Crippen molar-refractivity contribution in [2.24, 2.45) is 9.98 Å². The molecule has 0 bridgehead atoms. The maximum absolute atomic E-state index is 4.55. The fourth-order valence-electron chi connectivity index (χ4n) is 2.42. The van der Waals surface area contributed by atoms with E-state index in [0.717, 1.165) is 39.6 Å². The molecule has 4 nitrogen and oxygen atoms in total. The van der Waals surface area contributed by atoms with E-state index in [1.807, 2.05) is 36.7 Å². The monoisotopic (exact) mass is 246 g/mol. The van der Waals surface area contributed by atoms with E-state index in [0.29, 0.717) is 0 Å². The van der Waals surface area contributed by atoms with Gasteiger partial charge in [-0.25, -0.2) is 0 Å². The zero-order valence-electron chi connectivity index (χ0n) is 10.1. The van der Waals surface area contributed by atoms with E-state index in [9.17, 15) is 0 Å². The van der Waals surface area contributed by atoms with Gasteiger partial charge in [-0.05, 0) is 24.3 Å². The van der Waals surface area contributed by atoms with Gasteiger partial charge in [0.2, 0.25) is 0 Å². The predicted octanol–water partition coefficient (Wildman–Crippen LogP) is 3.59. The lowest BCUT2D eigenvalue weighted by atomic mass is 10.1. The Balaban J connectivity index is 2.33. The SMILES string of the molecule is C1=Nc2c(c3cccnc3c3ncccc23)N=CC1. The van der Waals surface area contributed by atoms with Crippen LogP contribution in [0.15, 0.2) is 46.6 Å². The minimum absolute atomic E-state index is 0.748. The number of hydrogen-bond acceptors (Lipinski definition) is 4. The van der Waals surface area contributed by atoms with Crippen LogP contribution in [0, 0.1) is 0 Å². The van der Waals surface area contributed by atoms with Crippen LogP contribution >= 0.6 is 0 Å². The first-order valence-corrected chi connectivity index (χ1v) is 6.15. The molecular formula is C15H10N4. The van der Waals surface area contributed by atoms with Crippen molar-refractivity contribution in [1.29, 1.82) is 0 Å². The Morgan fingerprint density at radius 2 is 1.26 bits per heavy atom. The molecule has 0 fully saturated rings. The molecule has 4 heteroatoms. The van der Waals surface area contributed by atoms with Crippen molar-refractivity contribution in [3.05, 3.63) is 36.7 Å². The van der Waals surface area contributed by atoms with Gasteiger partial charge in [0, 0.05) is 42.0 Å². The van der Waals surface area contributed by atoms with Crippen LogP contribution in [0.3, 0.4) is 0 Å². The normalized spacial score (nSPS) is 13.7. The number of benzene rings is 1. The van der Waals surface area contributed by atoms with Crippen LogP contribution in [0.2, 0.25) is 0 Å². The summed E-state index contributed by atoms with van der Waals surface area (Å²) in [4.78, 5) is 18.0. The molecule has 19 heavy (non-hydrogen) atoms. The highest BCUT2D eigenvalue weighted by molar-refractivity contribution is 6.17. The Bertz CT molecular complexity index is 779. The van der Waals surface area contributed by atoms with E-state index in [1.54, 1.807) is 12.4 Å². The van der Waals surface area contributed by atoms with Crippen LogP contribution in [-0.2, 0) is 0 Å². The van der Waals surface area contributed by atoms with Gasteiger partial charge in [0.05, 0.1) is 22.4 Å². The average molecular weight is 246 g/mol. The lowest BCUT2D eigenvalue weighted by molar-refractivity contribution is 1.36. The van der Waals surface area contributed by atoms with Gasteiger partial charge < -0.3 is 0 Å². The lowest BCUT2D eigenvalue weighted by Crippen LogP contribution is -1.86. The fourth-order valence-corrected chi connectivity index (χ4v) is 2.42. The van der Waals surface area contributed by atoms with E-state index in [2.05, 4.69) is 20.0 Å². The molecule has 0 atom stereocenters. The molecule has 3 heterocycles. The molecule has 3 aromatic rings. The molecule has 0 amide bonds. The van der Waals surface area contributed by atoms with Crippen molar-refractivity contribution in [2.75, 3.05) is 0 Å². The highest BCUT2D eigenvalue weighted by Crippen LogP contribution is 2.42. The molecular weight excluding hydrogens is 236 g/mol. The predicted molar refractivity (Wildman–Crippen MR) is 78.0 cm³/mol. The summed E-state index contributed by atoms with van der Waals surface area (Å²) in [7, 11) is 0. The standard InChI is InChI=1S/C15H10N4/c1-4-10-12(16-6-1)13-11(5-2-7-17-13)15-14(10)18-8-3-9-19-15/h1-2,4-9H,3H2. The van der Waals surface area contributed by atoms with Crippen LogP contribution in [-0.4, -0.2) is 22.4 Å². The first-order chi connectivity index (χ1) is 9.45. The van der Waals surface area contributed by atoms with E-state index in [-0.39, 0.29) is 0 Å². The van der Waals surface area contributed by atoms with E-state index < -0.39 is 0 Å². The summed E-state index contributed by atoms with van der Waals surface area (Å²) in [5.74, 6) is 0. The Labute approximate surface area is 109 Å². The zero-order valence-corrected chi connectivity index (χ0v) is 10.1. The maximum Gasteiger partial charge on any atom is 0.0987 e. The highest BCUT2D eigenvalue weighted by Gasteiger charge is 2.15. The van der Waals surface area contributed by atoms with Gasteiger partial charge >= 0.3 is 0 Å². The van der Waals surface area contributed by atoms with Crippen LogP contribution in [0.25, 0.3) is 21.8 Å². The van der Waals surface area contributed by atoms with Crippen molar-refractivity contribution < 1.29 is 0 Å². The Hall–Kier alpha value is -2.62. The second-order valence-corrected chi connectivity index (χ2v) is 4.36. The third-order valence-corrected chi connectivity index (χ3v) is 3.23. The fraction of sp³-hybridized carbons (Fsp3) is 0.0667. The largest absolute Gasteiger partial charge is 0.258 e. The van der Waals surface area contributed by atoms with Crippen LogP contribution in [0.4, 0.5) is 11.4 Å². The van der Waals surface area contributed by atoms with Crippen molar-refractivity contribution in [2.45, 2.75) is 6.42 Å². The second-order valence-electron chi connectivity index (χ2n) is 4.36. The molecule has 0 aliphatic carbocycles. The molecule has 0 saturated heterocycles. The number of nitrogens with zero attached hydrogens (tertiary/aromatic N) is 4. The summed E-state index contributed by atoms with van der Waals surface area (Å²) in [5, 5.41) is 2.00. The van der Waals surface area contributed by atoms with Gasteiger partial charge in [0.25, 0.3) is 0 Å². The minimum Gasteiger partial charge on any atom is -0.258 e.